The molecule has 2 heteroatoms. The summed E-state index contributed by atoms with van der Waals surface area (Å²) >= 11 is 0. The zero-order valence-electron chi connectivity index (χ0n) is 15.5. The first kappa shape index (κ1) is 20.0. The second-order valence-electron chi connectivity index (χ2n) is 7.09. The number of nitrogens with zero attached hydrogens (tertiary/aromatic N) is 1. The van der Waals surface area contributed by atoms with E-state index in [1.165, 1.54) is 96.3 Å². The Kier molecular flexibility index (Phi) is 13.2. The van der Waals surface area contributed by atoms with Crippen molar-refractivity contribution < 1.29 is 4.84 Å². The maximum Gasteiger partial charge on any atom is 0.0835 e. The van der Waals surface area contributed by atoms with Crippen molar-refractivity contribution in [2.75, 3.05) is 13.2 Å². The summed E-state index contributed by atoms with van der Waals surface area (Å²) in [7, 11) is 0. The number of rotatable bonds is 16. The maximum absolute atomic E-state index is 5.57. The zero-order chi connectivity index (χ0) is 15.9. The van der Waals surface area contributed by atoms with Crippen LogP contribution in [0, 0.1) is 0 Å². The van der Waals surface area contributed by atoms with E-state index in [4.69, 9.17) is 4.84 Å². The molecule has 0 radical (unpaired) electrons. The Morgan fingerprint density at radius 1 is 0.682 bits per heavy atom. The number of unbranched alkanes of at least 4 members (excludes halogenated alkanes) is 11. The molecule has 1 aliphatic heterocycles. The van der Waals surface area contributed by atoms with Crippen LogP contribution < -0.4 is 0 Å². The third kappa shape index (κ3) is 9.84. The predicted octanol–water partition coefficient (Wildman–Crippen LogP) is 6.49. The second-order valence-corrected chi connectivity index (χ2v) is 7.09. The van der Waals surface area contributed by atoms with Gasteiger partial charge in [0.15, 0.2) is 0 Å². The van der Waals surface area contributed by atoms with Crippen LogP contribution in [0.1, 0.15) is 110 Å². The first-order chi connectivity index (χ1) is 10.9. The van der Waals surface area contributed by atoms with Gasteiger partial charge in [0.1, 0.15) is 0 Å². The predicted molar refractivity (Wildman–Crippen MR) is 97.0 cm³/mol. The van der Waals surface area contributed by atoms with Gasteiger partial charge in [-0.05, 0) is 12.8 Å². The molecule has 22 heavy (non-hydrogen) atoms. The summed E-state index contributed by atoms with van der Waals surface area (Å²) in [5.41, 5.74) is 0. The first-order valence-corrected chi connectivity index (χ1v) is 10.3. The standard InChI is InChI=1S/C20H41NO/c1-3-5-7-8-9-10-11-12-13-14-15-17-20(16-6-4-2)21-18-19-22-21/h20H,3-19H2,1-2H3. The van der Waals surface area contributed by atoms with Gasteiger partial charge in [0.25, 0.3) is 0 Å². The van der Waals surface area contributed by atoms with Gasteiger partial charge >= 0.3 is 0 Å². The number of hydrogen-bond acceptors (Lipinski definition) is 2. The normalized spacial score (nSPS) is 16.6. The summed E-state index contributed by atoms with van der Waals surface area (Å²) in [5.74, 6) is 0. The fourth-order valence-corrected chi connectivity index (χ4v) is 3.40. The molecule has 0 N–H and O–H groups in total. The Labute approximate surface area is 139 Å². The molecule has 0 aromatic rings. The molecule has 0 saturated carbocycles. The molecule has 1 saturated heterocycles. The third-order valence-corrected chi connectivity index (χ3v) is 5.01. The van der Waals surface area contributed by atoms with Crippen LogP contribution in [0.4, 0.5) is 0 Å². The van der Waals surface area contributed by atoms with Crippen molar-refractivity contribution in [1.29, 1.82) is 0 Å². The van der Waals surface area contributed by atoms with Crippen molar-refractivity contribution in [3.8, 4) is 0 Å². The van der Waals surface area contributed by atoms with Gasteiger partial charge in [0, 0.05) is 12.6 Å². The molecule has 1 rings (SSSR count). The van der Waals surface area contributed by atoms with E-state index in [-0.39, 0.29) is 0 Å². The molecular weight excluding hydrogens is 270 g/mol. The lowest BCUT2D eigenvalue weighted by Crippen LogP contribution is -2.46. The number of hydrogen-bond donors (Lipinski definition) is 0. The molecule has 0 aliphatic carbocycles. The molecule has 0 aromatic carbocycles. The Morgan fingerprint density at radius 3 is 1.59 bits per heavy atom. The SMILES string of the molecule is CCCCCCCCCCCCCC(CCCC)N1CCO1. The molecule has 0 amide bonds. The van der Waals surface area contributed by atoms with Gasteiger partial charge in [-0.15, -0.1) is 0 Å². The van der Waals surface area contributed by atoms with Crippen molar-refractivity contribution in [1.82, 2.24) is 5.06 Å². The Balaban J connectivity index is 1.86. The van der Waals surface area contributed by atoms with Gasteiger partial charge in [-0.1, -0.05) is 97.3 Å². The van der Waals surface area contributed by atoms with Crippen molar-refractivity contribution >= 4 is 0 Å². The van der Waals surface area contributed by atoms with Crippen molar-refractivity contribution in [2.45, 2.75) is 116 Å². The molecule has 0 spiro atoms. The summed E-state index contributed by atoms with van der Waals surface area (Å²) in [6, 6.07) is 0.701. The molecule has 0 aromatic heterocycles. The van der Waals surface area contributed by atoms with Crippen LogP contribution in [0.15, 0.2) is 0 Å². The van der Waals surface area contributed by atoms with E-state index in [0.717, 1.165) is 13.2 Å². The highest BCUT2D eigenvalue weighted by Crippen LogP contribution is 2.21. The van der Waals surface area contributed by atoms with Crippen molar-refractivity contribution in [3.05, 3.63) is 0 Å². The Morgan fingerprint density at radius 2 is 1.14 bits per heavy atom. The minimum Gasteiger partial charge on any atom is -0.297 e. The average molecular weight is 312 g/mol. The Bertz CT molecular complexity index is 228. The fraction of sp³-hybridized carbons (Fsp3) is 1.00. The molecule has 1 aliphatic rings. The summed E-state index contributed by atoms with van der Waals surface area (Å²) in [4.78, 5) is 5.57. The monoisotopic (exact) mass is 311 g/mol. The van der Waals surface area contributed by atoms with Crippen LogP contribution in [0.3, 0.4) is 0 Å². The van der Waals surface area contributed by atoms with E-state index in [1.807, 2.05) is 0 Å². The van der Waals surface area contributed by atoms with Gasteiger partial charge in [-0.25, -0.2) is 0 Å². The summed E-state index contributed by atoms with van der Waals surface area (Å²) in [5, 5.41) is 2.24. The van der Waals surface area contributed by atoms with E-state index >= 15 is 0 Å². The first-order valence-electron chi connectivity index (χ1n) is 10.3. The lowest BCUT2D eigenvalue weighted by atomic mass is 10.0. The summed E-state index contributed by atoms with van der Waals surface area (Å²) < 4.78 is 0. The van der Waals surface area contributed by atoms with E-state index < -0.39 is 0 Å². The highest BCUT2D eigenvalue weighted by atomic mass is 16.7. The minimum atomic E-state index is 0.701. The topological polar surface area (TPSA) is 12.5 Å². The van der Waals surface area contributed by atoms with Crippen LogP contribution in [0.2, 0.25) is 0 Å². The molecule has 1 heterocycles. The quantitative estimate of drug-likeness (QED) is 0.302. The van der Waals surface area contributed by atoms with E-state index in [1.54, 1.807) is 0 Å². The maximum atomic E-state index is 5.57. The molecule has 1 fully saturated rings. The average Bonchev–Trinajstić information content (AvgIpc) is 2.48. The van der Waals surface area contributed by atoms with E-state index in [0.29, 0.717) is 6.04 Å². The summed E-state index contributed by atoms with van der Waals surface area (Å²) in [6.45, 7) is 6.69. The molecule has 1 unspecified atom stereocenters. The van der Waals surface area contributed by atoms with Crippen LogP contribution >= 0.6 is 0 Å². The van der Waals surface area contributed by atoms with E-state index in [2.05, 4.69) is 18.9 Å². The van der Waals surface area contributed by atoms with Crippen LogP contribution in [0.25, 0.3) is 0 Å². The van der Waals surface area contributed by atoms with Gasteiger partial charge < -0.3 is 0 Å². The van der Waals surface area contributed by atoms with Crippen LogP contribution in [-0.4, -0.2) is 24.3 Å². The number of hydroxylamine groups is 2. The van der Waals surface area contributed by atoms with Gasteiger partial charge in [-0.2, -0.15) is 5.06 Å². The smallest absolute Gasteiger partial charge is 0.0835 e. The Hall–Kier alpha value is -0.0800. The van der Waals surface area contributed by atoms with E-state index in [9.17, 15) is 0 Å². The van der Waals surface area contributed by atoms with Gasteiger partial charge in [-0.3, -0.25) is 4.84 Å². The second kappa shape index (κ2) is 14.5. The van der Waals surface area contributed by atoms with Crippen LogP contribution in [-0.2, 0) is 4.84 Å². The lowest BCUT2D eigenvalue weighted by molar-refractivity contribution is -0.272. The molecular formula is C20H41NO. The van der Waals surface area contributed by atoms with Crippen LogP contribution in [0.5, 0.6) is 0 Å². The highest BCUT2D eigenvalue weighted by molar-refractivity contribution is 4.70. The highest BCUT2D eigenvalue weighted by Gasteiger charge is 2.24. The molecule has 1 atom stereocenters. The fourth-order valence-electron chi connectivity index (χ4n) is 3.40. The van der Waals surface area contributed by atoms with Gasteiger partial charge in [0.2, 0.25) is 0 Å². The van der Waals surface area contributed by atoms with Crippen molar-refractivity contribution in [3.63, 3.8) is 0 Å². The molecule has 0 bridgehead atoms. The minimum absolute atomic E-state index is 0.701. The summed E-state index contributed by atoms with van der Waals surface area (Å²) in [6.07, 6.45) is 21.1. The lowest BCUT2D eigenvalue weighted by Gasteiger charge is -2.37. The molecule has 132 valence electrons. The molecule has 2 nitrogen and oxygen atoms in total. The largest absolute Gasteiger partial charge is 0.297 e. The zero-order valence-corrected chi connectivity index (χ0v) is 15.5. The third-order valence-electron chi connectivity index (χ3n) is 5.01. The van der Waals surface area contributed by atoms with Gasteiger partial charge in [0.05, 0.1) is 6.61 Å². The van der Waals surface area contributed by atoms with Crippen molar-refractivity contribution in [2.24, 2.45) is 0 Å².